The van der Waals surface area contributed by atoms with Gasteiger partial charge in [-0.2, -0.15) is 0 Å². The molecule has 3 heteroatoms. The summed E-state index contributed by atoms with van der Waals surface area (Å²) in [7, 11) is 0. The van der Waals surface area contributed by atoms with Crippen LogP contribution < -0.4 is 0 Å². The van der Waals surface area contributed by atoms with Crippen molar-refractivity contribution in [2.75, 3.05) is 0 Å². The van der Waals surface area contributed by atoms with Gasteiger partial charge in [0, 0.05) is 17.4 Å². The molecule has 0 saturated heterocycles. The molecule has 1 N–H and O–H groups in total. The normalized spacial score (nSPS) is 11.0. The summed E-state index contributed by atoms with van der Waals surface area (Å²) < 4.78 is 5.84. The number of hydrogen-bond donors (Lipinski definition) is 1. The maximum Gasteiger partial charge on any atom is 0.197 e. The lowest BCUT2D eigenvalue weighted by Gasteiger charge is -2.03. The topological polar surface area (TPSA) is 50.4 Å². The SMILES string of the molecule is CCc1ccc2oc(CC)c(C(=O)c3ccc(O)cc3)c2c1. The molecule has 0 spiro atoms. The lowest BCUT2D eigenvalue weighted by atomic mass is 9.98. The summed E-state index contributed by atoms with van der Waals surface area (Å²) in [5.41, 5.74) is 3.11. The van der Waals surface area contributed by atoms with Crippen molar-refractivity contribution in [2.45, 2.75) is 26.7 Å². The van der Waals surface area contributed by atoms with E-state index in [0.717, 1.165) is 17.4 Å². The van der Waals surface area contributed by atoms with E-state index in [9.17, 15) is 9.90 Å². The molecule has 3 rings (SSSR count). The van der Waals surface area contributed by atoms with Crippen molar-refractivity contribution in [1.29, 1.82) is 0 Å². The highest BCUT2D eigenvalue weighted by atomic mass is 16.3. The summed E-state index contributed by atoms with van der Waals surface area (Å²) in [5.74, 6) is 0.794. The Kier molecular flexibility index (Phi) is 3.72. The molecule has 0 aliphatic heterocycles. The molecular weight excluding hydrogens is 276 g/mol. The fourth-order valence-corrected chi connectivity index (χ4v) is 2.67. The molecule has 0 radical (unpaired) electrons. The number of aromatic hydroxyl groups is 1. The largest absolute Gasteiger partial charge is 0.508 e. The van der Waals surface area contributed by atoms with Crippen LogP contribution in [-0.4, -0.2) is 10.9 Å². The molecule has 1 aromatic heterocycles. The van der Waals surface area contributed by atoms with Gasteiger partial charge in [0.05, 0.1) is 5.56 Å². The molecule has 0 bridgehead atoms. The second-order valence-corrected chi connectivity index (χ2v) is 5.31. The number of carbonyl (C=O) groups excluding carboxylic acids is 1. The van der Waals surface area contributed by atoms with Crippen LogP contribution in [0.5, 0.6) is 5.75 Å². The fraction of sp³-hybridized carbons (Fsp3) is 0.211. The van der Waals surface area contributed by atoms with Gasteiger partial charge in [-0.25, -0.2) is 0 Å². The van der Waals surface area contributed by atoms with E-state index in [1.807, 2.05) is 25.1 Å². The van der Waals surface area contributed by atoms with Crippen LogP contribution in [-0.2, 0) is 12.8 Å². The number of phenols is 1. The van der Waals surface area contributed by atoms with Crippen LogP contribution in [0.2, 0.25) is 0 Å². The molecule has 3 nitrogen and oxygen atoms in total. The van der Waals surface area contributed by atoms with Crippen LogP contribution >= 0.6 is 0 Å². The third kappa shape index (κ3) is 2.39. The summed E-state index contributed by atoms with van der Waals surface area (Å²) in [4.78, 5) is 12.9. The van der Waals surface area contributed by atoms with Gasteiger partial charge in [0.25, 0.3) is 0 Å². The van der Waals surface area contributed by atoms with Crippen LogP contribution in [0.15, 0.2) is 46.9 Å². The number of phenolic OH excluding ortho intramolecular Hbond substituents is 1. The third-order valence-electron chi connectivity index (χ3n) is 3.91. The lowest BCUT2D eigenvalue weighted by molar-refractivity contribution is 0.103. The van der Waals surface area contributed by atoms with E-state index < -0.39 is 0 Å². The Balaban J connectivity index is 2.19. The van der Waals surface area contributed by atoms with Gasteiger partial charge >= 0.3 is 0 Å². The summed E-state index contributed by atoms with van der Waals surface area (Å²) in [5, 5.41) is 10.2. The Morgan fingerprint density at radius 1 is 1.05 bits per heavy atom. The minimum absolute atomic E-state index is 0.0659. The van der Waals surface area contributed by atoms with Gasteiger partial charge in [-0.3, -0.25) is 4.79 Å². The first-order valence-electron chi connectivity index (χ1n) is 7.52. The molecule has 2 aromatic carbocycles. The minimum atomic E-state index is -0.0659. The van der Waals surface area contributed by atoms with Crippen molar-refractivity contribution in [2.24, 2.45) is 0 Å². The molecule has 0 saturated carbocycles. The van der Waals surface area contributed by atoms with Crippen molar-refractivity contribution in [3.8, 4) is 5.75 Å². The highest BCUT2D eigenvalue weighted by molar-refractivity contribution is 6.17. The van der Waals surface area contributed by atoms with Crippen molar-refractivity contribution in [3.63, 3.8) is 0 Å². The molecule has 0 amide bonds. The number of hydrogen-bond acceptors (Lipinski definition) is 3. The molecule has 0 aliphatic rings. The first-order chi connectivity index (χ1) is 10.6. The van der Waals surface area contributed by atoms with E-state index >= 15 is 0 Å². The number of carbonyl (C=O) groups is 1. The third-order valence-corrected chi connectivity index (χ3v) is 3.91. The minimum Gasteiger partial charge on any atom is -0.508 e. The molecule has 0 atom stereocenters. The van der Waals surface area contributed by atoms with E-state index in [0.29, 0.717) is 23.3 Å². The van der Waals surface area contributed by atoms with Gasteiger partial charge in [-0.05, 0) is 48.4 Å². The smallest absolute Gasteiger partial charge is 0.197 e. The molecular formula is C19H18O3. The molecule has 22 heavy (non-hydrogen) atoms. The quantitative estimate of drug-likeness (QED) is 0.721. The molecule has 1 heterocycles. The Hall–Kier alpha value is -2.55. The van der Waals surface area contributed by atoms with Crippen LogP contribution in [0, 0.1) is 0 Å². The van der Waals surface area contributed by atoms with Crippen LogP contribution in [0.1, 0.15) is 41.1 Å². The zero-order chi connectivity index (χ0) is 15.7. The number of benzene rings is 2. The van der Waals surface area contributed by atoms with E-state index in [-0.39, 0.29) is 11.5 Å². The van der Waals surface area contributed by atoms with Crippen molar-refractivity contribution in [3.05, 3.63) is 64.9 Å². The average molecular weight is 294 g/mol. The lowest BCUT2D eigenvalue weighted by Crippen LogP contribution is -2.03. The van der Waals surface area contributed by atoms with Crippen LogP contribution in [0.3, 0.4) is 0 Å². The van der Waals surface area contributed by atoms with Crippen LogP contribution in [0.25, 0.3) is 11.0 Å². The Morgan fingerprint density at radius 2 is 1.77 bits per heavy atom. The number of ketones is 1. The summed E-state index contributed by atoms with van der Waals surface area (Å²) in [6, 6.07) is 12.3. The second kappa shape index (κ2) is 5.68. The van der Waals surface area contributed by atoms with Gasteiger partial charge in [0.15, 0.2) is 5.78 Å². The maximum absolute atomic E-state index is 12.9. The molecule has 0 unspecified atom stereocenters. The number of rotatable bonds is 4. The predicted molar refractivity (Wildman–Crippen MR) is 86.5 cm³/mol. The first-order valence-corrected chi connectivity index (χ1v) is 7.52. The molecule has 3 aromatic rings. The number of fused-ring (bicyclic) bond motifs is 1. The Bertz CT molecular complexity index is 826. The van der Waals surface area contributed by atoms with Crippen molar-refractivity contribution < 1.29 is 14.3 Å². The van der Waals surface area contributed by atoms with Gasteiger partial charge in [-0.15, -0.1) is 0 Å². The summed E-state index contributed by atoms with van der Waals surface area (Å²) in [6.45, 7) is 4.06. The van der Waals surface area contributed by atoms with Crippen molar-refractivity contribution >= 4 is 16.8 Å². The standard InChI is InChI=1S/C19H18O3/c1-3-12-5-10-17-15(11-12)18(16(4-2)22-17)19(21)13-6-8-14(20)9-7-13/h5-11,20H,3-4H2,1-2H3. The zero-order valence-electron chi connectivity index (χ0n) is 12.7. The van der Waals surface area contributed by atoms with E-state index in [2.05, 4.69) is 6.92 Å². The molecule has 0 aliphatic carbocycles. The van der Waals surface area contributed by atoms with Gasteiger partial charge in [-0.1, -0.05) is 19.9 Å². The van der Waals surface area contributed by atoms with Crippen LogP contribution in [0.4, 0.5) is 0 Å². The van der Waals surface area contributed by atoms with Gasteiger partial charge in [0.2, 0.25) is 0 Å². The highest BCUT2D eigenvalue weighted by Gasteiger charge is 2.21. The molecule has 0 fully saturated rings. The Labute approximate surface area is 129 Å². The summed E-state index contributed by atoms with van der Waals surface area (Å²) in [6.07, 6.45) is 1.57. The predicted octanol–water partition coefficient (Wildman–Crippen LogP) is 4.49. The van der Waals surface area contributed by atoms with E-state index in [1.54, 1.807) is 12.1 Å². The summed E-state index contributed by atoms with van der Waals surface area (Å²) >= 11 is 0. The van der Waals surface area contributed by atoms with E-state index in [1.165, 1.54) is 17.7 Å². The number of aryl methyl sites for hydroxylation is 2. The first kappa shape index (κ1) is 14.4. The average Bonchev–Trinajstić information content (AvgIpc) is 2.92. The fourth-order valence-electron chi connectivity index (χ4n) is 2.67. The molecule has 112 valence electrons. The Morgan fingerprint density at radius 3 is 2.41 bits per heavy atom. The van der Waals surface area contributed by atoms with Crippen molar-refractivity contribution in [1.82, 2.24) is 0 Å². The van der Waals surface area contributed by atoms with Gasteiger partial charge < -0.3 is 9.52 Å². The zero-order valence-corrected chi connectivity index (χ0v) is 12.7. The maximum atomic E-state index is 12.9. The van der Waals surface area contributed by atoms with E-state index in [4.69, 9.17) is 4.42 Å². The highest BCUT2D eigenvalue weighted by Crippen LogP contribution is 2.30. The van der Waals surface area contributed by atoms with Gasteiger partial charge in [0.1, 0.15) is 17.1 Å². The number of furan rings is 1. The second-order valence-electron chi connectivity index (χ2n) is 5.31. The monoisotopic (exact) mass is 294 g/mol.